The molecule has 104 valence electrons. The van der Waals surface area contributed by atoms with Crippen LogP contribution in [-0.4, -0.2) is 72.2 Å². The molecule has 1 N–H and O–H groups in total. The Labute approximate surface area is 107 Å². The molecule has 1 heterocycles. The zero-order valence-electron chi connectivity index (χ0n) is 11.1. The second-order valence-electron chi connectivity index (χ2n) is 4.71. The van der Waals surface area contributed by atoms with Gasteiger partial charge in [0.05, 0.1) is 6.10 Å². The van der Waals surface area contributed by atoms with Crippen LogP contribution in [0.4, 0.5) is 0 Å². The first-order chi connectivity index (χ1) is 8.50. The SMILES string of the molecule is CC(C)OCCCN1CCN(C(=O)C(=O)O)CC1. The zero-order chi connectivity index (χ0) is 13.5. The fraction of sp³-hybridized carbons (Fsp3) is 0.833. The largest absolute Gasteiger partial charge is 0.474 e. The third kappa shape index (κ3) is 5.01. The Morgan fingerprint density at radius 2 is 1.83 bits per heavy atom. The highest BCUT2D eigenvalue weighted by atomic mass is 16.5. The molecule has 0 aromatic carbocycles. The van der Waals surface area contributed by atoms with Gasteiger partial charge in [-0.15, -0.1) is 0 Å². The van der Waals surface area contributed by atoms with Gasteiger partial charge < -0.3 is 14.7 Å². The zero-order valence-corrected chi connectivity index (χ0v) is 11.1. The minimum absolute atomic E-state index is 0.259. The fourth-order valence-electron chi connectivity index (χ4n) is 1.92. The Hall–Kier alpha value is -1.14. The van der Waals surface area contributed by atoms with E-state index in [0.717, 1.165) is 32.7 Å². The third-order valence-corrected chi connectivity index (χ3v) is 2.91. The summed E-state index contributed by atoms with van der Waals surface area (Å²) in [5.74, 6) is -2.16. The summed E-state index contributed by atoms with van der Waals surface area (Å²) in [6, 6.07) is 0. The standard InChI is InChI=1S/C12H22N2O4/c1-10(2)18-9-3-4-13-5-7-14(8-6-13)11(15)12(16)17/h10H,3-9H2,1-2H3,(H,16,17). The lowest BCUT2D eigenvalue weighted by atomic mass is 10.3. The van der Waals surface area contributed by atoms with E-state index in [1.54, 1.807) is 0 Å². The van der Waals surface area contributed by atoms with E-state index in [0.29, 0.717) is 13.1 Å². The second-order valence-corrected chi connectivity index (χ2v) is 4.71. The molecular formula is C12H22N2O4. The average Bonchev–Trinajstić information content (AvgIpc) is 2.34. The summed E-state index contributed by atoms with van der Waals surface area (Å²) in [5.41, 5.74) is 0. The van der Waals surface area contributed by atoms with Crippen LogP contribution in [0.5, 0.6) is 0 Å². The normalized spacial score (nSPS) is 17.2. The maximum Gasteiger partial charge on any atom is 0.394 e. The Kier molecular flexibility index (Phi) is 6.07. The van der Waals surface area contributed by atoms with Gasteiger partial charge in [0.2, 0.25) is 0 Å². The van der Waals surface area contributed by atoms with E-state index in [4.69, 9.17) is 9.84 Å². The Balaban J connectivity index is 2.15. The van der Waals surface area contributed by atoms with Gasteiger partial charge in [0, 0.05) is 39.3 Å². The molecule has 1 saturated heterocycles. The van der Waals surface area contributed by atoms with Crippen molar-refractivity contribution in [3.63, 3.8) is 0 Å². The first kappa shape index (κ1) is 14.9. The number of aliphatic carboxylic acids is 1. The van der Waals surface area contributed by atoms with Crippen LogP contribution in [0.3, 0.4) is 0 Å². The number of carbonyl (C=O) groups excluding carboxylic acids is 1. The van der Waals surface area contributed by atoms with Gasteiger partial charge in [-0.2, -0.15) is 0 Å². The highest BCUT2D eigenvalue weighted by Gasteiger charge is 2.24. The molecule has 1 fully saturated rings. The van der Waals surface area contributed by atoms with E-state index < -0.39 is 11.9 Å². The molecule has 0 radical (unpaired) electrons. The van der Waals surface area contributed by atoms with Gasteiger partial charge in [0.15, 0.2) is 0 Å². The van der Waals surface area contributed by atoms with Gasteiger partial charge in [-0.3, -0.25) is 9.69 Å². The summed E-state index contributed by atoms with van der Waals surface area (Å²) in [6.07, 6.45) is 1.22. The lowest BCUT2D eigenvalue weighted by Gasteiger charge is -2.33. The Bertz CT molecular complexity index is 286. The van der Waals surface area contributed by atoms with E-state index in [1.165, 1.54) is 4.90 Å². The van der Waals surface area contributed by atoms with Crippen molar-refractivity contribution in [2.24, 2.45) is 0 Å². The first-order valence-corrected chi connectivity index (χ1v) is 6.37. The quantitative estimate of drug-likeness (QED) is 0.556. The van der Waals surface area contributed by atoms with E-state index in [-0.39, 0.29) is 6.10 Å². The summed E-state index contributed by atoms with van der Waals surface area (Å²) in [5, 5.41) is 8.60. The summed E-state index contributed by atoms with van der Waals surface area (Å²) < 4.78 is 5.45. The maximum absolute atomic E-state index is 11.2. The number of rotatable bonds is 5. The number of nitrogens with zero attached hydrogens (tertiary/aromatic N) is 2. The van der Waals surface area contributed by atoms with Crippen LogP contribution < -0.4 is 0 Å². The molecule has 1 aliphatic heterocycles. The number of carbonyl (C=O) groups is 2. The topological polar surface area (TPSA) is 70.1 Å². The van der Waals surface area contributed by atoms with Gasteiger partial charge >= 0.3 is 11.9 Å². The predicted octanol–water partition coefficient (Wildman–Crippen LogP) is 0.0303. The van der Waals surface area contributed by atoms with Gasteiger partial charge in [-0.05, 0) is 20.3 Å². The number of hydrogen-bond donors (Lipinski definition) is 1. The number of carboxylic acid groups (broad SMARTS) is 1. The fourth-order valence-corrected chi connectivity index (χ4v) is 1.92. The monoisotopic (exact) mass is 258 g/mol. The van der Waals surface area contributed by atoms with Crippen molar-refractivity contribution < 1.29 is 19.4 Å². The number of piperazine rings is 1. The van der Waals surface area contributed by atoms with Crippen LogP contribution in [-0.2, 0) is 14.3 Å². The molecule has 0 aromatic heterocycles. The Morgan fingerprint density at radius 3 is 2.33 bits per heavy atom. The van der Waals surface area contributed by atoms with E-state index in [2.05, 4.69) is 4.90 Å². The molecule has 1 aliphatic rings. The minimum atomic E-state index is -1.37. The first-order valence-electron chi connectivity index (χ1n) is 6.37. The molecule has 0 unspecified atom stereocenters. The molecule has 0 bridgehead atoms. The lowest BCUT2D eigenvalue weighted by Crippen LogP contribution is -2.50. The van der Waals surface area contributed by atoms with E-state index in [1.807, 2.05) is 13.8 Å². The minimum Gasteiger partial charge on any atom is -0.474 e. The van der Waals surface area contributed by atoms with Crippen molar-refractivity contribution in [1.29, 1.82) is 0 Å². The summed E-state index contributed by atoms with van der Waals surface area (Å²) >= 11 is 0. The molecule has 1 rings (SSSR count). The molecule has 6 heteroatoms. The summed E-state index contributed by atoms with van der Waals surface area (Å²) in [7, 11) is 0. The van der Waals surface area contributed by atoms with Crippen LogP contribution in [0.1, 0.15) is 20.3 Å². The second kappa shape index (κ2) is 7.33. The van der Waals surface area contributed by atoms with Gasteiger partial charge in [-0.25, -0.2) is 4.79 Å². The summed E-state index contributed by atoms with van der Waals surface area (Å²) in [4.78, 5) is 25.4. The molecule has 0 atom stereocenters. The molecule has 18 heavy (non-hydrogen) atoms. The van der Waals surface area contributed by atoms with Crippen LogP contribution in [0.2, 0.25) is 0 Å². The highest BCUT2D eigenvalue weighted by Crippen LogP contribution is 2.03. The van der Waals surface area contributed by atoms with Crippen LogP contribution in [0.15, 0.2) is 0 Å². The van der Waals surface area contributed by atoms with Crippen LogP contribution in [0.25, 0.3) is 0 Å². The van der Waals surface area contributed by atoms with Gasteiger partial charge in [0.25, 0.3) is 0 Å². The van der Waals surface area contributed by atoms with Crippen molar-refractivity contribution in [2.45, 2.75) is 26.4 Å². The van der Waals surface area contributed by atoms with Crippen LogP contribution in [0, 0.1) is 0 Å². The molecule has 6 nitrogen and oxygen atoms in total. The molecular weight excluding hydrogens is 236 g/mol. The van der Waals surface area contributed by atoms with Gasteiger partial charge in [0.1, 0.15) is 0 Å². The van der Waals surface area contributed by atoms with Crippen molar-refractivity contribution in [1.82, 2.24) is 9.80 Å². The molecule has 0 aliphatic carbocycles. The number of amides is 1. The molecule has 0 saturated carbocycles. The Morgan fingerprint density at radius 1 is 1.22 bits per heavy atom. The third-order valence-electron chi connectivity index (χ3n) is 2.91. The predicted molar refractivity (Wildman–Crippen MR) is 66.4 cm³/mol. The molecule has 0 aromatic rings. The van der Waals surface area contributed by atoms with Gasteiger partial charge in [-0.1, -0.05) is 0 Å². The number of hydrogen-bond acceptors (Lipinski definition) is 4. The van der Waals surface area contributed by atoms with E-state index >= 15 is 0 Å². The lowest BCUT2D eigenvalue weighted by molar-refractivity contribution is -0.156. The van der Waals surface area contributed by atoms with Crippen molar-refractivity contribution >= 4 is 11.9 Å². The summed E-state index contributed by atoms with van der Waals surface area (Å²) in [6.45, 7) is 8.16. The number of ether oxygens (including phenoxy) is 1. The average molecular weight is 258 g/mol. The highest BCUT2D eigenvalue weighted by molar-refractivity contribution is 6.31. The van der Waals surface area contributed by atoms with Crippen molar-refractivity contribution in [3.8, 4) is 0 Å². The number of carboxylic acids is 1. The molecule has 1 amide bonds. The van der Waals surface area contributed by atoms with Crippen molar-refractivity contribution in [2.75, 3.05) is 39.3 Å². The van der Waals surface area contributed by atoms with Crippen molar-refractivity contribution in [3.05, 3.63) is 0 Å². The van der Waals surface area contributed by atoms with E-state index in [9.17, 15) is 9.59 Å². The molecule has 0 spiro atoms. The smallest absolute Gasteiger partial charge is 0.394 e. The maximum atomic E-state index is 11.2. The van der Waals surface area contributed by atoms with Crippen LogP contribution >= 0.6 is 0 Å².